The summed E-state index contributed by atoms with van der Waals surface area (Å²) in [4.78, 5) is 23.8. The molecule has 0 heterocycles. The number of rotatable bonds is 5. The van der Waals surface area contributed by atoms with Crippen molar-refractivity contribution in [3.63, 3.8) is 0 Å². The van der Waals surface area contributed by atoms with Gasteiger partial charge in [-0.2, -0.15) is 0 Å². The van der Waals surface area contributed by atoms with Crippen LogP contribution in [-0.2, 0) is 9.53 Å². The number of carbonyl (C=O) groups is 2. The second-order valence-corrected chi connectivity index (χ2v) is 9.53. The fraction of sp³-hybridized carbons (Fsp3) is 0.889. The molecule has 2 N–H and O–H groups in total. The van der Waals surface area contributed by atoms with Crippen LogP contribution in [0.4, 0.5) is 4.79 Å². The van der Waals surface area contributed by atoms with E-state index in [1.807, 2.05) is 20.8 Å². The summed E-state index contributed by atoms with van der Waals surface area (Å²) in [6.45, 7) is 17.7. The van der Waals surface area contributed by atoms with Crippen molar-refractivity contribution in [2.75, 3.05) is 0 Å². The number of hydrogen-bond donors (Lipinski definition) is 2. The van der Waals surface area contributed by atoms with Gasteiger partial charge in [0, 0.05) is 0 Å². The highest BCUT2D eigenvalue weighted by Gasteiger charge is 2.38. The highest BCUT2D eigenvalue weighted by Crippen LogP contribution is 2.36. The fourth-order valence-corrected chi connectivity index (χ4v) is 2.46. The van der Waals surface area contributed by atoms with Crippen LogP contribution in [0.15, 0.2) is 0 Å². The van der Waals surface area contributed by atoms with Gasteiger partial charge < -0.3 is 15.2 Å². The third-order valence-electron chi connectivity index (χ3n) is 3.66. The molecule has 0 aromatic heterocycles. The molecule has 0 saturated carbocycles. The molecule has 0 aliphatic carbocycles. The molecule has 2 atom stereocenters. The molecule has 136 valence electrons. The standard InChI is InChI=1S/C18H35NO4/c1-16(2,3)11-10-12(17(4,5)6)13(14(20)21)19-15(22)23-18(7,8)9/h12-13H,10-11H2,1-9H3,(H,19,22)(H,20,21). The van der Waals surface area contributed by atoms with Crippen LogP contribution in [-0.4, -0.2) is 28.8 Å². The summed E-state index contributed by atoms with van der Waals surface area (Å²) in [6, 6.07) is -0.966. The Morgan fingerprint density at radius 2 is 1.48 bits per heavy atom. The minimum atomic E-state index is -1.02. The molecule has 0 aliphatic rings. The first-order chi connectivity index (χ1) is 10.0. The molecular formula is C18H35NO4. The molecule has 0 bridgehead atoms. The molecule has 23 heavy (non-hydrogen) atoms. The molecule has 0 fully saturated rings. The third-order valence-corrected chi connectivity index (χ3v) is 3.66. The zero-order valence-electron chi connectivity index (χ0n) is 16.2. The lowest BCUT2D eigenvalue weighted by molar-refractivity contribution is -0.142. The molecule has 0 spiro atoms. The number of hydrogen-bond acceptors (Lipinski definition) is 3. The Bertz CT molecular complexity index is 410. The van der Waals surface area contributed by atoms with E-state index in [1.54, 1.807) is 20.8 Å². The summed E-state index contributed by atoms with van der Waals surface area (Å²) < 4.78 is 5.21. The molecule has 1 amide bonds. The van der Waals surface area contributed by atoms with E-state index in [0.29, 0.717) is 0 Å². The highest BCUT2D eigenvalue weighted by molar-refractivity contribution is 5.80. The van der Waals surface area contributed by atoms with Gasteiger partial charge in [-0.3, -0.25) is 0 Å². The zero-order valence-corrected chi connectivity index (χ0v) is 16.2. The molecule has 0 aliphatic heterocycles. The third kappa shape index (κ3) is 9.47. The highest BCUT2D eigenvalue weighted by atomic mass is 16.6. The number of carboxylic acid groups (broad SMARTS) is 1. The molecular weight excluding hydrogens is 294 g/mol. The van der Waals surface area contributed by atoms with Crippen LogP contribution in [0.5, 0.6) is 0 Å². The maximum absolute atomic E-state index is 12.0. The van der Waals surface area contributed by atoms with Gasteiger partial charge in [-0.15, -0.1) is 0 Å². The molecule has 5 heteroatoms. The molecule has 0 aromatic carbocycles. The van der Waals surface area contributed by atoms with Gasteiger partial charge in [-0.05, 0) is 50.4 Å². The summed E-state index contributed by atoms with van der Waals surface area (Å²) in [5.41, 5.74) is -0.794. The summed E-state index contributed by atoms with van der Waals surface area (Å²) in [5, 5.41) is 12.2. The predicted octanol–water partition coefficient (Wildman–Crippen LogP) is 4.45. The smallest absolute Gasteiger partial charge is 0.408 e. The summed E-state index contributed by atoms with van der Waals surface area (Å²) in [6.07, 6.45) is 0.920. The van der Waals surface area contributed by atoms with E-state index in [0.717, 1.165) is 12.8 Å². The van der Waals surface area contributed by atoms with Crippen molar-refractivity contribution in [1.29, 1.82) is 0 Å². The lowest BCUT2D eigenvalue weighted by Gasteiger charge is -2.37. The van der Waals surface area contributed by atoms with E-state index in [4.69, 9.17) is 4.74 Å². The van der Waals surface area contributed by atoms with Gasteiger partial charge in [0.05, 0.1) is 0 Å². The molecule has 5 nitrogen and oxygen atoms in total. The quantitative estimate of drug-likeness (QED) is 0.781. The van der Waals surface area contributed by atoms with Crippen LogP contribution in [0, 0.1) is 16.7 Å². The Balaban J connectivity index is 5.24. The van der Waals surface area contributed by atoms with Crippen molar-refractivity contribution in [1.82, 2.24) is 5.32 Å². The van der Waals surface area contributed by atoms with E-state index >= 15 is 0 Å². The first kappa shape index (κ1) is 21.7. The van der Waals surface area contributed by atoms with Gasteiger partial charge in [0.1, 0.15) is 11.6 Å². The molecule has 0 saturated heterocycles. The largest absolute Gasteiger partial charge is 0.480 e. The maximum atomic E-state index is 12.0. The average Bonchev–Trinajstić information content (AvgIpc) is 2.21. The zero-order chi connectivity index (χ0) is 18.6. The normalized spacial score (nSPS) is 15.7. The second-order valence-electron chi connectivity index (χ2n) is 9.53. The van der Waals surface area contributed by atoms with E-state index in [-0.39, 0.29) is 16.7 Å². The van der Waals surface area contributed by atoms with Crippen LogP contribution in [0.1, 0.15) is 75.2 Å². The second kappa shape index (κ2) is 7.54. The first-order valence-electron chi connectivity index (χ1n) is 8.25. The summed E-state index contributed by atoms with van der Waals surface area (Å²) in [7, 11) is 0. The number of ether oxygens (including phenoxy) is 1. The van der Waals surface area contributed by atoms with Crippen LogP contribution in [0.2, 0.25) is 0 Å². The Kier molecular flexibility index (Phi) is 7.13. The van der Waals surface area contributed by atoms with Crippen LogP contribution in [0.25, 0.3) is 0 Å². The topological polar surface area (TPSA) is 75.6 Å². The minimum absolute atomic E-state index is 0.110. The Labute approximate surface area is 141 Å². The van der Waals surface area contributed by atoms with Crippen molar-refractivity contribution in [2.24, 2.45) is 16.7 Å². The summed E-state index contributed by atoms with van der Waals surface area (Å²) >= 11 is 0. The van der Waals surface area contributed by atoms with E-state index in [2.05, 4.69) is 26.1 Å². The predicted molar refractivity (Wildman–Crippen MR) is 92.4 cm³/mol. The van der Waals surface area contributed by atoms with Gasteiger partial charge >= 0.3 is 12.1 Å². The number of carbonyl (C=O) groups excluding carboxylic acids is 1. The van der Waals surface area contributed by atoms with Crippen LogP contribution < -0.4 is 5.32 Å². The monoisotopic (exact) mass is 329 g/mol. The minimum Gasteiger partial charge on any atom is -0.480 e. The van der Waals surface area contributed by atoms with Crippen molar-refractivity contribution in [3.8, 4) is 0 Å². The number of carboxylic acids is 1. The van der Waals surface area contributed by atoms with Crippen LogP contribution >= 0.6 is 0 Å². The van der Waals surface area contributed by atoms with Gasteiger partial charge in [-0.25, -0.2) is 9.59 Å². The number of alkyl carbamates (subject to hydrolysis) is 1. The molecule has 0 radical (unpaired) electrons. The van der Waals surface area contributed by atoms with Crippen molar-refractivity contribution in [2.45, 2.75) is 86.8 Å². The SMILES string of the molecule is CC(C)(C)CCC(C(NC(=O)OC(C)(C)C)C(=O)O)C(C)(C)C. The first-order valence-corrected chi connectivity index (χ1v) is 8.25. The van der Waals surface area contributed by atoms with Gasteiger partial charge in [-0.1, -0.05) is 41.5 Å². The van der Waals surface area contributed by atoms with Crippen molar-refractivity contribution in [3.05, 3.63) is 0 Å². The lowest BCUT2D eigenvalue weighted by atomic mass is 9.71. The number of nitrogens with one attached hydrogen (secondary N) is 1. The van der Waals surface area contributed by atoms with Gasteiger partial charge in [0.15, 0.2) is 0 Å². The van der Waals surface area contributed by atoms with E-state index in [9.17, 15) is 14.7 Å². The van der Waals surface area contributed by atoms with E-state index in [1.165, 1.54) is 0 Å². The van der Waals surface area contributed by atoms with Gasteiger partial charge in [0.2, 0.25) is 0 Å². The van der Waals surface area contributed by atoms with Crippen molar-refractivity contribution >= 4 is 12.1 Å². The number of amides is 1. The Morgan fingerprint density at radius 3 is 1.78 bits per heavy atom. The fourth-order valence-electron chi connectivity index (χ4n) is 2.46. The lowest BCUT2D eigenvalue weighted by Crippen LogP contribution is -2.51. The Morgan fingerprint density at radius 1 is 1.00 bits per heavy atom. The Hall–Kier alpha value is -1.26. The molecule has 2 unspecified atom stereocenters. The van der Waals surface area contributed by atoms with E-state index < -0.39 is 23.7 Å². The maximum Gasteiger partial charge on any atom is 0.408 e. The van der Waals surface area contributed by atoms with Crippen LogP contribution in [0.3, 0.4) is 0 Å². The van der Waals surface area contributed by atoms with Crippen molar-refractivity contribution < 1.29 is 19.4 Å². The average molecular weight is 329 g/mol. The summed E-state index contributed by atoms with van der Waals surface area (Å²) in [5.74, 6) is -1.21. The number of aliphatic carboxylic acids is 1. The molecule has 0 rings (SSSR count). The van der Waals surface area contributed by atoms with Gasteiger partial charge in [0.25, 0.3) is 0 Å². The molecule has 0 aromatic rings.